The number of nitrogens with zero attached hydrogens (tertiary/aromatic N) is 3. The molecular formula is C12H15F2N3O. The molecule has 2 heterocycles. The van der Waals surface area contributed by atoms with Crippen LogP contribution in [0.1, 0.15) is 5.56 Å². The zero-order valence-corrected chi connectivity index (χ0v) is 9.93. The van der Waals surface area contributed by atoms with E-state index in [1.54, 1.807) is 12.4 Å². The smallest absolute Gasteiger partial charge is 0.315 e. The van der Waals surface area contributed by atoms with Crippen LogP contribution >= 0.6 is 0 Å². The van der Waals surface area contributed by atoms with E-state index in [0.717, 1.165) is 12.1 Å². The SMILES string of the molecule is O=C(C(F)F)N1CCN(Cc2ccncc2)CC1. The molecule has 18 heavy (non-hydrogen) atoms. The minimum atomic E-state index is -2.89. The summed E-state index contributed by atoms with van der Waals surface area (Å²) >= 11 is 0. The standard InChI is InChI=1S/C12H15F2N3O/c13-11(14)12(18)17-7-5-16(6-8-17)9-10-1-3-15-4-2-10/h1-4,11H,5-9H2. The van der Waals surface area contributed by atoms with E-state index in [9.17, 15) is 13.6 Å². The summed E-state index contributed by atoms with van der Waals surface area (Å²) in [4.78, 5) is 18.4. The van der Waals surface area contributed by atoms with Crippen molar-refractivity contribution in [2.45, 2.75) is 13.0 Å². The number of hydrogen-bond donors (Lipinski definition) is 0. The van der Waals surface area contributed by atoms with Crippen molar-refractivity contribution in [3.8, 4) is 0 Å². The Morgan fingerprint density at radius 1 is 1.22 bits per heavy atom. The average Bonchev–Trinajstić information content (AvgIpc) is 2.40. The lowest BCUT2D eigenvalue weighted by Gasteiger charge is -2.34. The van der Waals surface area contributed by atoms with Gasteiger partial charge >= 0.3 is 6.43 Å². The molecule has 0 aromatic carbocycles. The minimum Gasteiger partial charge on any atom is -0.335 e. The number of alkyl halides is 2. The van der Waals surface area contributed by atoms with Crippen LogP contribution < -0.4 is 0 Å². The number of halogens is 2. The third-order valence-electron chi connectivity index (χ3n) is 3.03. The molecule has 0 atom stereocenters. The third kappa shape index (κ3) is 3.22. The predicted octanol–water partition coefficient (Wildman–Crippen LogP) is 0.991. The summed E-state index contributed by atoms with van der Waals surface area (Å²) < 4.78 is 24.5. The molecule has 1 amide bonds. The molecular weight excluding hydrogens is 240 g/mol. The van der Waals surface area contributed by atoms with E-state index in [-0.39, 0.29) is 0 Å². The second-order valence-corrected chi connectivity index (χ2v) is 4.26. The first-order valence-corrected chi connectivity index (χ1v) is 5.85. The Kier molecular flexibility index (Phi) is 4.19. The lowest BCUT2D eigenvalue weighted by Crippen LogP contribution is -2.49. The molecule has 0 bridgehead atoms. The number of piperazine rings is 1. The van der Waals surface area contributed by atoms with Crippen molar-refractivity contribution in [3.63, 3.8) is 0 Å². The van der Waals surface area contributed by atoms with Gasteiger partial charge in [-0.2, -0.15) is 8.78 Å². The Morgan fingerprint density at radius 3 is 2.39 bits per heavy atom. The molecule has 0 aliphatic carbocycles. The van der Waals surface area contributed by atoms with Gasteiger partial charge in [-0.25, -0.2) is 0 Å². The maximum absolute atomic E-state index is 12.2. The zero-order valence-electron chi connectivity index (χ0n) is 9.93. The van der Waals surface area contributed by atoms with Gasteiger partial charge in [-0.1, -0.05) is 0 Å². The molecule has 0 N–H and O–H groups in total. The molecule has 0 spiro atoms. The molecule has 0 unspecified atom stereocenters. The first kappa shape index (κ1) is 12.9. The topological polar surface area (TPSA) is 36.4 Å². The highest BCUT2D eigenvalue weighted by Gasteiger charge is 2.26. The number of carbonyl (C=O) groups excluding carboxylic acids is 1. The first-order valence-electron chi connectivity index (χ1n) is 5.85. The van der Waals surface area contributed by atoms with Gasteiger partial charge in [-0.3, -0.25) is 14.7 Å². The second-order valence-electron chi connectivity index (χ2n) is 4.26. The summed E-state index contributed by atoms with van der Waals surface area (Å²) in [5.41, 5.74) is 1.14. The molecule has 1 saturated heterocycles. The second kappa shape index (κ2) is 5.86. The summed E-state index contributed by atoms with van der Waals surface area (Å²) in [5, 5.41) is 0. The molecule has 1 aromatic rings. The highest BCUT2D eigenvalue weighted by molar-refractivity contribution is 5.79. The van der Waals surface area contributed by atoms with Crippen LogP contribution in [-0.4, -0.2) is 53.3 Å². The summed E-state index contributed by atoms with van der Waals surface area (Å²) in [6, 6.07) is 3.85. The molecule has 1 aromatic heterocycles. The normalized spacial score (nSPS) is 17.2. The van der Waals surface area contributed by atoms with Crippen LogP contribution in [0.2, 0.25) is 0 Å². The van der Waals surface area contributed by atoms with Crippen LogP contribution in [-0.2, 0) is 11.3 Å². The fourth-order valence-corrected chi connectivity index (χ4v) is 2.01. The average molecular weight is 255 g/mol. The van der Waals surface area contributed by atoms with Crippen molar-refractivity contribution < 1.29 is 13.6 Å². The van der Waals surface area contributed by atoms with Crippen molar-refractivity contribution in [3.05, 3.63) is 30.1 Å². The molecule has 98 valence electrons. The van der Waals surface area contributed by atoms with Gasteiger partial charge in [-0.05, 0) is 17.7 Å². The van der Waals surface area contributed by atoms with E-state index in [1.165, 1.54) is 4.90 Å². The van der Waals surface area contributed by atoms with Crippen LogP contribution in [0.25, 0.3) is 0 Å². The van der Waals surface area contributed by atoms with Gasteiger partial charge in [0.2, 0.25) is 0 Å². The van der Waals surface area contributed by atoms with Gasteiger partial charge < -0.3 is 4.90 Å². The molecule has 2 rings (SSSR count). The summed E-state index contributed by atoms with van der Waals surface area (Å²) in [5.74, 6) is -1.06. The Bertz CT molecular complexity index is 392. The Labute approximate surface area is 104 Å². The van der Waals surface area contributed by atoms with E-state index < -0.39 is 12.3 Å². The van der Waals surface area contributed by atoms with Gasteiger partial charge in [0, 0.05) is 45.1 Å². The van der Waals surface area contributed by atoms with Gasteiger partial charge in [0.25, 0.3) is 5.91 Å². The summed E-state index contributed by atoms with van der Waals surface area (Å²) in [6.07, 6.45) is 0.564. The van der Waals surface area contributed by atoms with Crippen LogP contribution in [0.15, 0.2) is 24.5 Å². The largest absolute Gasteiger partial charge is 0.335 e. The highest BCUT2D eigenvalue weighted by Crippen LogP contribution is 2.09. The number of carbonyl (C=O) groups is 1. The van der Waals surface area contributed by atoms with Crippen LogP contribution in [0, 0.1) is 0 Å². The van der Waals surface area contributed by atoms with Gasteiger partial charge in [0.1, 0.15) is 0 Å². The van der Waals surface area contributed by atoms with E-state index >= 15 is 0 Å². The van der Waals surface area contributed by atoms with Crippen molar-refractivity contribution in [1.82, 2.24) is 14.8 Å². The van der Waals surface area contributed by atoms with E-state index in [1.807, 2.05) is 12.1 Å². The van der Waals surface area contributed by atoms with Gasteiger partial charge in [-0.15, -0.1) is 0 Å². The quantitative estimate of drug-likeness (QED) is 0.808. The molecule has 1 fully saturated rings. The fourth-order valence-electron chi connectivity index (χ4n) is 2.01. The molecule has 0 radical (unpaired) electrons. The number of amides is 1. The summed E-state index contributed by atoms with van der Waals surface area (Å²) in [6.45, 7) is 2.75. The van der Waals surface area contributed by atoms with Crippen LogP contribution in [0.3, 0.4) is 0 Å². The van der Waals surface area contributed by atoms with E-state index in [0.29, 0.717) is 26.2 Å². The Morgan fingerprint density at radius 2 is 1.83 bits per heavy atom. The van der Waals surface area contributed by atoms with Crippen LogP contribution in [0.4, 0.5) is 8.78 Å². The third-order valence-corrected chi connectivity index (χ3v) is 3.03. The van der Waals surface area contributed by atoms with Gasteiger partial charge in [0.15, 0.2) is 0 Å². The Hall–Kier alpha value is -1.56. The number of hydrogen-bond acceptors (Lipinski definition) is 3. The van der Waals surface area contributed by atoms with Crippen molar-refractivity contribution in [2.24, 2.45) is 0 Å². The number of aromatic nitrogens is 1. The van der Waals surface area contributed by atoms with Crippen molar-refractivity contribution >= 4 is 5.91 Å². The minimum absolute atomic E-state index is 0.369. The highest BCUT2D eigenvalue weighted by atomic mass is 19.3. The van der Waals surface area contributed by atoms with Gasteiger partial charge in [0.05, 0.1) is 0 Å². The molecule has 4 nitrogen and oxygen atoms in total. The van der Waals surface area contributed by atoms with E-state index in [2.05, 4.69) is 9.88 Å². The van der Waals surface area contributed by atoms with Crippen LogP contribution in [0.5, 0.6) is 0 Å². The molecule has 0 saturated carbocycles. The van der Waals surface area contributed by atoms with Crippen molar-refractivity contribution in [2.75, 3.05) is 26.2 Å². The number of pyridine rings is 1. The molecule has 1 aliphatic heterocycles. The lowest BCUT2D eigenvalue weighted by atomic mass is 10.2. The van der Waals surface area contributed by atoms with E-state index in [4.69, 9.17) is 0 Å². The monoisotopic (exact) mass is 255 g/mol. The molecule has 6 heteroatoms. The maximum atomic E-state index is 12.2. The molecule has 1 aliphatic rings. The number of rotatable bonds is 3. The summed E-state index contributed by atoms with van der Waals surface area (Å²) in [7, 11) is 0. The zero-order chi connectivity index (χ0) is 13.0. The lowest BCUT2D eigenvalue weighted by molar-refractivity contribution is -0.144. The van der Waals surface area contributed by atoms with Crippen molar-refractivity contribution in [1.29, 1.82) is 0 Å². The Balaban J connectivity index is 1.82. The maximum Gasteiger partial charge on any atom is 0.315 e. The first-order chi connectivity index (χ1) is 8.66. The predicted molar refractivity (Wildman–Crippen MR) is 62.1 cm³/mol. The fraction of sp³-hybridized carbons (Fsp3) is 0.500.